The summed E-state index contributed by atoms with van der Waals surface area (Å²) in [5.41, 5.74) is 4.27. The highest BCUT2D eigenvalue weighted by Crippen LogP contribution is 2.31. The molecule has 0 unspecified atom stereocenters. The van der Waals surface area contributed by atoms with Crippen LogP contribution in [-0.2, 0) is 4.79 Å². The lowest BCUT2D eigenvalue weighted by molar-refractivity contribution is -0.135. The quantitative estimate of drug-likeness (QED) is 0.328. The van der Waals surface area contributed by atoms with E-state index < -0.39 is 6.04 Å². The Morgan fingerprint density at radius 2 is 1.69 bits per heavy atom. The minimum absolute atomic E-state index is 0.0356. The van der Waals surface area contributed by atoms with E-state index in [0.717, 1.165) is 34.6 Å². The third kappa shape index (κ3) is 6.01. The number of likely N-dealkylation sites (tertiary alicyclic amines) is 1. The second-order valence-corrected chi connectivity index (χ2v) is 10.6. The van der Waals surface area contributed by atoms with Crippen molar-refractivity contribution in [2.45, 2.75) is 38.6 Å². The maximum absolute atomic E-state index is 13.5. The van der Waals surface area contributed by atoms with Crippen LogP contribution in [0.15, 0.2) is 72.8 Å². The Kier molecular flexibility index (Phi) is 8.02. The molecule has 9 heteroatoms. The number of piperidine rings is 1. The first-order chi connectivity index (χ1) is 18.9. The van der Waals surface area contributed by atoms with Crippen molar-refractivity contribution in [1.29, 1.82) is 0 Å². The van der Waals surface area contributed by atoms with E-state index in [9.17, 15) is 9.59 Å². The highest BCUT2D eigenvalue weighted by atomic mass is 35.5. The molecule has 3 aromatic carbocycles. The smallest absolute Gasteiger partial charge is 0.251 e. The Bertz CT molecular complexity index is 1430. The number of rotatable bonds is 7. The summed E-state index contributed by atoms with van der Waals surface area (Å²) in [6.07, 6.45) is 1.77. The number of carbonyl (C=O) groups excluding carboxylic acids is 2. The summed E-state index contributed by atoms with van der Waals surface area (Å²) < 4.78 is 0. The van der Waals surface area contributed by atoms with Gasteiger partial charge in [-0.3, -0.25) is 9.59 Å². The molecule has 1 aliphatic rings. The molecule has 39 heavy (non-hydrogen) atoms. The molecule has 0 radical (unpaired) electrons. The number of benzene rings is 3. The van der Waals surface area contributed by atoms with Crippen molar-refractivity contribution in [3.05, 3.63) is 88.9 Å². The van der Waals surface area contributed by atoms with E-state index in [-0.39, 0.29) is 17.7 Å². The van der Waals surface area contributed by atoms with E-state index >= 15 is 0 Å². The molecule has 200 valence electrons. The Balaban J connectivity index is 1.28. The second kappa shape index (κ2) is 11.8. The number of carbonyl (C=O) groups is 2. The maximum atomic E-state index is 13.5. The molecular formula is C30H31ClN6O2. The van der Waals surface area contributed by atoms with Gasteiger partial charge in [0, 0.05) is 29.2 Å². The summed E-state index contributed by atoms with van der Waals surface area (Å²) in [4.78, 5) is 28.8. The number of nitrogens with one attached hydrogen (secondary N) is 2. The van der Waals surface area contributed by atoms with Gasteiger partial charge in [0.15, 0.2) is 0 Å². The number of aromatic nitrogens is 4. The summed E-state index contributed by atoms with van der Waals surface area (Å²) in [6, 6.07) is 22.4. The van der Waals surface area contributed by atoms with E-state index in [1.54, 1.807) is 6.07 Å². The zero-order chi connectivity index (χ0) is 27.4. The van der Waals surface area contributed by atoms with Crippen molar-refractivity contribution in [2.75, 3.05) is 13.1 Å². The van der Waals surface area contributed by atoms with Gasteiger partial charge < -0.3 is 10.2 Å². The fourth-order valence-electron chi connectivity index (χ4n) is 5.14. The van der Waals surface area contributed by atoms with Gasteiger partial charge in [0.2, 0.25) is 11.7 Å². The van der Waals surface area contributed by atoms with Crippen LogP contribution in [0.4, 0.5) is 0 Å². The van der Waals surface area contributed by atoms with Crippen LogP contribution in [0.2, 0.25) is 5.02 Å². The van der Waals surface area contributed by atoms with Crippen molar-refractivity contribution in [3.63, 3.8) is 0 Å². The summed E-state index contributed by atoms with van der Waals surface area (Å²) in [7, 11) is 0. The predicted octanol–water partition coefficient (Wildman–Crippen LogP) is 5.35. The number of H-pyrrole nitrogens is 1. The number of aromatic amines is 1. The average Bonchev–Trinajstić information content (AvgIpc) is 3.51. The van der Waals surface area contributed by atoms with Crippen molar-refractivity contribution in [2.24, 2.45) is 5.92 Å². The molecule has 4 aromatic rings. The van der Waals surface area contributed by atoms with Gasteiger partial charge in [-0.1, -0.05) is 74.0 Å². The Labute approximate surface area is 232 Å². The molecule has 1 fully saturated rings. The fraction of sp³-hybridized carbons (Fsp3) is 0.300. The van der Waals surface area contributed by atoms with Gasteiger partial charge >= 0.3 is 0 Å². The van der Waals surface area contributed by atoms with Crippen LogP contribution < -0.4 is 5.32 Å². The van der Waals surface area contributed by atoms with E-state index in [1.165, 1.54) is 5.56 Å². The summed E-state index contributed by atoms with van der Waals surface area (Å²) in [5.74, 6) is 0.503. The maximum Gasteiger partial charge on any atom is 0.251 e. The number of amides is 2. The lowest BCUT2D eigenvalue weighted by Crippen LogP contribution is -2.52. The van der Waals surface area contributed by atoms with Crippen molar-refractivity contribution in [1.82, 2.24) is 30.8 Å². The van der Waals surface area contributed by atoms with Gasteiger partial charge in [0.1, 0.15) is 6.04 Å². The highest BCUT2D eigenvalue weighted by molar-refractivity contribution is 6.30. The monoisotopic (exact) mass is 542 g/mol. The lowest BCUT2D eigenvalue weighted by atomic mass is 9.89. The van der Waals surface area contributed by atoms with Crippen LogP contribution in [0.25, 0.3) is 22.5 Å². The van der Waals surface area contributed by atoms with E-state index in [4.69, 9.17) is 11.6 Å². The molecule has 8 nitrogen and oxygen atoms in total. The van der Waals surface area contributed by atoms with E-state index in [0.29, 0.717) is 30.4 Å². The number of halogens is 1. The van der Waals surface area contributed by atoms with Crippen LogP contribution in [-0.4, -0.2) is 56.5 Å². The molecule has 2 N–H and O–H groups in total. The molecule has 0 aliphatic carbocycles. The van der Waals surface area contributed by atoms with Crippen LogP contribution in [0.5, 0.6) is 0 Å². The Morgan fingerprint density at radius 1 is 0.974 bits per heavy atom. The van der Waals surface area contributed by atoms with Gasteiger partial charge in [-0.2, -0.15) is 5.21 Å². The van der Waals surface area contributed by atoms with Crippen LogP contribution in [0, 0.1) is 5.92 Å². The first-order valence-corrected chi connectivity index (χ1v) is 13.6. The fourth-order valence-corrected chi connectivity index (χ4v) is 5.26. The normalized spacial score (nSPS) is 14.8. The van der Waals surface area contributed by atoms with Gasteiger partial charge in [0.25, 0.3) is 5.91 Å². The molecule has 0 spiro atoms. The topological polar surface area (TPSA) is 104 Å². The number of hydrogen-bond acceptors (Lipinski definition) is 5. The van der Waals surface area contributed by atoms with Crippen molar-refractivity contribution >= 4 is 23.4 Å². The highest BCUT2D eigenvalue weighted by Gasteiger charge is 2.32. The zero-order valence-electron chi connectivity index (χ0n) is 22.0. The summed E-state index contributed by atoms with van der Waals surface area (Å²) in [6.45, 7) is 5.24. The van der Waals surface area contributed by atoms with Crippen molar-refractivity contribution in [3.8, 4) is 22.5 Å². The van der Waals surface area contributed by atoms with Crippen LogP contribution >= 0.6 is 11.6 Å². The molecule has 2 heterocycles. The summed E-state index contributed by atoms with van der Waals surface area (Å²) in [5, 5.41) is 18.1. The minimum atomic E-state index is -0.611. The largest absolute Gasteiger partial charge is 0.341 e. The molecule has 1 atom stereocenters. The first kappa shape index (κ1) is 26.6. The summed E-state index contributed by atoms with van der Waals surface area (Å²) >= 11 is 6.04. The number of hydrogen-bond donors (Lipinski definition) is 2. The molecule has 0 saturated carbocycles. The zero-order valence-corrected chi connectivity index (χ0v) is 22.7. The molecule has 2 amide bonds. The molecule has 1 saturated heterocycles. The van der Waals surface area contributed by atoms with Crippen LogP contribution in [0.3, 0.4) is 0 Å². The molecule has 5 rings (SSSR count). The van der Waals surface area contributed by atoms with E-state index in [1.807, 2.05) is 73.3 Å². The standard InChI is InChI=1S/C30H31ClN6O2/c1-19(2)27(30(39)37-16-14-21(15-17-37)20-10-12-24(31)13-11-20)32-29(38)23-7-5-6-22(18-23)25-8-3-4-9-26(25)28-33-35-36-34-28/h3-13,18-19,21,27H,14-17H2,1-2H3,(H,32,38)(H,33,34,35,36)/t27-/m1/s1. The molecule has 0 bridgehead atoms. The van der Waals surface area contributed by atoms with Crippen molar-refractivity contribution < 1.29 is 9.59 Å². The van der Waals surface area contributed by atoms with Crippen LogP contribution in [0.1, 0.15) is 48.5 Å². The number of tetrazole rings is 1. The van der Waals surface area contributed by atoms with Gasteiger partial charge in [-0.25, -0.2) is 0 Å². The third-order valence-corrected chi connectivity index (χ3v) is 7.57. The van der Waals surface area contributed by atoms with Gasteiger partial charge in [-0.05, 0) is 70.8 Å². The molecule has 1 aromatic heterocycles. The minimum Gasteiger partial charge on any atom is -0.341 e. The first-order valence-electron chi connectivity index (χ1n) is 13.2. The average molecular weight is 543 g/mol. The van der Waals surface area contributed by atoms with Gasteiger partial charge in [0.05, 0.1) is 0 Å². The SMILES string of the molecule is CC(C)[C@@H](NC(=O)c1cccc(-c2ccccc2-c2nn[nH]n2)c1)C(=O)N1CCC(c2ccc(Cl)cc2)CC1. The third-order valence-electron chi connectivity index (χ3n) is 7.32. The van der Waals surface area contributed by atoms with Gasteiger partial charge in [-0.15, -0.1) is 10.2 Å². The van der Waals surface area contributed by atoms with E-state index in [2.05, 4.69) is 38.1 Å². The lowest BCUT2D eigenvalue weighted by Gasteiger charge is -2.35. The number of nitrogens with zero attached hydrogens (tertiary/aromatic N) is 4. The Hall–Kier alpha value is -4.04. The molecular weight excluding hydrogens is 512 g/mol. The molecule has 1 aliphatic heterocycles. The predicted molar refractivity (Wildman–Crippen MR) is 151 cm³/mol. The second-order valence-electron chi connectivity index (χ2n) is 10.2. The Morgan fingerprint density at radius 3 is 2.36 bits per heavy atom.